The van der Waals surface area contributed by atoms with Gasteiger partial charge in [0.05, 0.1) is 20.5 Å². The summed E-state index contributed by atoms with van der Waals surface area (Å²) in [6.45, 7) is 0. The number of ether oxygens (including phenoxy) is 2. The lowest BCUT2D eigenvalue weighted by atomic mass is 9.99. The van der Waals surface area contributed by atoms with Crippen LogP contribution in [-0.2, 0) is 4.79 Å². The molecule has 0 saturated heterocycles. The first-order valence-corrected chi connectivity index (χ1v) is 11.5. The first kappa shape index (κ1) is 22.2. The highest BCUT2D eigenvalue weighted by molar-refractivity contribution is 5.96. The van der Waals surface area contributed by atoms with Crippen molar-refractivity contribution in [3.63, 3.8) is 0 Å². The summed E-state index contributed by atoms with van der Waals surface area (Å²) in [7, 11) is 3.14. The van der Waals surface area contributed by atoms with E-state index in [0.29, 0.717) is 17.1 Å². The summed E-state index contributed by atoms with van der Waals surface area (Å²) in [5, 5.41) is 3.21. The molecule has 0 aliphatic heterocycles. The zero-order chi connectivity index (χ0) is 22.5. The van der Waals surface area contributed by atoms with Gasteiger partial charge < -0.3 is 24.1 Å². The van der Waals surface area contributed by atoms with Crippen molar-refractivity contribution >= 4 is 11.8 Å². The number of hydrogen-bond acceptors (Lipinski definition) is 5. The van der Waals surface area contributed by atoms with Gasteiger partial charge in [0.15, 0.2) is 17.3 Å². The third kappa shape index (κ3) is 4.61. The van der Waals surface area contributed by atoms with Crippen molar-refractivity contribution in [2.75, 3.05) is 14.2 Å². The second-order valence-corrected chi connectivity index (χ2v) is 8.63. The third-order valence-corrected chi connectivity index (χ3v) is 6.64. The highest BCUT2D eigenvalue weighted by atomic mass is 16.5. The van der Waals surface area contributed by atoms with Crippen LogP contribution in [0.1, 0.15) is 73.5 Å². The van der Waals surface area contributed by atoms with E-state index in [-0.39, 0.29) is 29.7 Å². The van der Waals surface area contributed by atoms with Crippen LogP contribution in [0.15, 0.2) is 41.0 Å². The molecule has 2 aliphatic rings. The van der Waals surface area contributed by atoms with E-state index in [1.165, 1.54) is 6.26 Å². The Morgan fingerprint density at radius 1 is 1.00 bits per heavy atom. The number of carbonyl (C=O) groups is 2. The first-order chi connectivity index (χ1) is 15.6. The smallest absolute Gasteiger partial charge is 0.290 e. The van der Waals surface area contributed by atoms with Gasteiger partial charge in [-0.1, -0.05) is 31.7 Å². The van der Waals surface area contributed by atoms with Gasteiger partial charge in [-0.05, 0) is 55.5 Å². The molecule has 1 atom stereocenters. The fraction of sp³-hybridized carbons (Fsp3) is 0.520. The molecule has 32 heavy (non-hydrogen) atoms. The van der Waals surface area contributed by atoms with E-state index < -0.39 is 6.04 Å². The van der Waals surface area contributed by atoms with Gasteiger partial charge >= 0.3 is 0 Å². The highest BCUT2D eigenvalue weighted by Gasteiger charge is 2.40. The van der Waals surface area contributed by atoms with Gasteiger partial charge in [-0.15, -0.1) is 0 Å². The van der Waals surface area contributed by atoms with Crippen LogP contribution in [0.4, 0.5) is 0 Å². The minimum Gasteiger partial charge on any atom is -0.493 e. The summed E-state index contributed by atoms with van der Waals surface area (Å²) in [4.78, 5) is 29.1. The molecule has 2 fully saturated rings. The van der Waals surface area contributed by atoms with Crippen molar-refractivity contribution in [3.8, 4) is 11.5 Å². The fourth-order valence-electron chi connectivity index (χ4n) is 5.02. The molecule has 0 radical (unpaired) electrons. The van der Waals surface area contributed by atoms with E-state index >= 15 is 0 Å². The maximum absolute atomic E-state index is 13.7. The van der Waals surface area contributed by atoms with Crippen LogP contribution < -0.4 is 14.8 Å². The SMILES string of the molecule is COc1ccc(C(C(=O)NC2CCCC2)N(C(=O)c2ccco2)C2CCCC2)cc1OC. The summed E-state index contributed by atoms with van der Waals surface area (Å²) < 4.78 is 16.3. The van der Waals surface area contributed by atoms with E-state index in [1.807, 2.05) is 6.07 Å². The van der Waals surface area contributed by atoms with Crippen molar-refractivity contribution in [2.45, 2.75) is 69.5 Å². The summed E-state index contributed by atoms with van der Waals surface area (Å²) in [6, 6.07) is 8.13. The van der Waals surface area contributed by atoms with Gasteiger partial charge in [-0.25, -0.2) is 0 Å². The predicted molar refractivity (Wildman–Crippen MR) is 120 cm³/mol. The zero-order valence-corrected chi connectivity index (χ0v) is 18.8. The molecule has 0 spiro atoms. The van der Waals surface area contributed by atoms with Crippen LogP contribution in [0, 0.1) is 0 Å². The predicted octanol–water partition coefficient (Wildman–Crippen LogP) is 4.48. The number of rotatable bonds is 8. The number of furan rings is 1. The van der Waals surface area contributed by atoms with E-state index in [0.717, 1.165) is 51.4 Å². The molecule has 2 saturated carbocycles. The molecule has 4 rings (SSSR count). The molecule has 0 bridgehead atoms. The average Bonchev–Trinajstić information content (AvgIpc) is 3.59. The van der Waals surface area contributed by atoms with Crippen molar-refractivity contribution < 1.29 is 23.5 Å². The number of methoxy groups -OCH3 is 2. The Morgan fingerprint density at radius 2 is 1.69 bits per heavy atom. The van der Waals surface area contributed by atoms with E-state index in [4.69, 9.17) is 13.9 Å². The molecule has 1 aromatic heterocycles. The Morgan fingerprint density at radius 3 is 2.31 bits per heavy atom. The Kier molecular flexibility index (Phi) is 7.02. The normalized spacial score (nSPS) is 17.8. The molecule has 172 valence electrons. The van der Waals surface area contributed by atoms with Crippen LogP contribution >= 0.6 is 0 Å². The van der Waals surface area contributed by atoms with Gasteiger partial charge in [0.2, 0.25) is 5.91 Å². The molecule has 1 heterocycles. The maximum Gasteiger partial charge on any atom is 0.290 e. The van der Waals surface area contributed by atoms with Crippen molar-refractivity contribution in [1.29, 1.82) is 0 Å². The molecule has 2 aliphatic carbocycles. The second kappa shape index (κ2) is 10.1. The van der Waals surface area contributed by atoms with Gasteiger partial charge in [0.25, 0.3) is 5.91 Å². The van der Waals surface area contributed by atoms with Crippen LogP contribution in [0.5, 0.6) is 11.5 Å². The lowest BCUT2D eigenvalue weighted by Crippen LogP contribution is -2.49. The lowest BCUT2D eigenvalue weighted by molar-refractivity contribution is -0.127. The summed E-state index contributed by atoms with van der Waals surface area (Å²) >= 11 is 0. The van der Waals surface area contributed by atoms with E-state index in [2.05, 4.69) is 5.32 Å². The lowest BCUT2D eigenvalue weighted by Gasteiger charge is -2.36. The van der Waals surface area contributed by atoms with Crippen LogP contribution in [0.2, 0.25) is 0 Å². The van der Waals surface area contributed by atoms with Gasteiger partial charge in [-0.2, -0.15) is 0 Å². The van der Waals surface area contributed by atoms with E-state index in [1.54, 1.807) is 43.4 Å². The minimum atomic E-state index is -0.781. The number of amides is 2. The fourth-order valence-corrected chi connectivity index (χ4v) is 5.02. The first-order valence-electron chi connectivity index (χ1n) is 11.5. The minimum absolute atomic E-state index is 0.0278. The number of nitrogens with one attached hydrogen (secondary N) is 1. The average molecular weight is 441 g/mol. The monoisotopic (exact) mass is 440 g/mol. The van der Waals surface area contributed by atoms with Crippen LogP contribution in [-0.4, -0.2) is 43.0 Å². The number of carbonyl (C=O) groups excluding carboxylic acids is 2. The quantitative estimate of drug-likeness (QED) is 0.655. The number of benzene rings is 1. The van der Waals surface area contributed by atoms with Crippen molar-refractivity contribution in [3.05, 3.63) is 47.9 Å². The molecule has 1 unspecified atom stereocenters. The Balaban J connectivity index is 1.76. The van der Waals surface area contributed by atoms with Crippen LogP contribution in [0.3, 0.4) is 0 Å². The van der Waals surface area contributed by atoms with Crippen molar-refractivity contribution in [1.82, 2.24) is 10.2 Å². The molecule has 2 aromatic rings. The van der Waals surface area contributed by atoms with E-state index in [9.17, 15) is 9.59 Å². The molecule has 7 heteroatoms. The van der Waals surface area contributed by atoms with Gasteiger partial charge in [0, 0.05) is 12.1 Å². The van der Waals surface area contributed by atoms with Crippen molar-refractivity contribution in [2.24, 2.45) is 0 Å². The standard InChI is InChI=1S/C25H32N2O5/c1-30-20-14-13-17(16-22(20)31-2)23(24(28)26-18-8-3-4-9-18)27(19-10-5-6-11-19)25(29)21-12-7-15-32-21/h7,12-16,18-19,23H,3-6,8-11H2,1-2H3,(H,26,28). The highest BCUT2D eigenvalue weighted by Crippen LogP contribution is 2.37. The summed E-state index contributed by atoms with van der Waals surface area (Å²) in [5.41, 5.74) is 0.699. The summed E-state index contributed by atoms with van der Waals surface area (Å²) in [5.74, 6) is 0.937. The molecular weight excluding hydrogens is 408 g/mol. The Labute approximate surface area is 189 Å². The second-order valence-electron chi connectivity index (χ2n) is 8.63. The molecule has 7 nitrogen and oxygen atoms in total. The third-order valence-electron chi connectivity index (χ3n) is 6.64. The molecule has 1 aromatic carbocycles. The Hall–Kier alpha value is -2.96. The Bertz CT molecular complexity index is 914. The molecule has 2 amide bonds. The van der Waals surface area contributed by atoms with Crippen LogP contribution in [0.25, 0.3) is 0 Å². The number of nitrogens with zero attached hydrogens (tertiary/aromatic N) is 1. The zero-order valence-electron chi connectivity index (χ0n) is 18.8. The topological polar surface area (TPSA) is 81.0 Å². The molecule has 1 N–H and O–H groups in total. The molecular formula is C25H32N2O5. The maximum atomic E-state index is 13.7. The number of hydrogen-bond donors (Lipinski definition) is 1. The van der Waals surface area contributed by atoms with Gasteiger partial charge in [-0.3, -0.25) is 9.59 Å². The van der Waals surface area contributed by atoms with Gasteiger partial charge in [0.1, 0.15) is 6.04 Å². The summed E-state index contributed by atoms with van der Waals surface area (Å²) in [6.07, 6.45) is 9.47. The largest absolute Gasteiger partial charge is 0.493 e.